The summed E-state index contributed by atoms with van der Waals surface area (Å²) in [5.41, 5.74) is 9.08. The van der Waals surface area contributed by atoms with E-state index in [0.717, 1.165) is 27.7 Å². The molecule has 0 radical (unpaired) electrons. The van der Waals surface area contributed by atoms with E-state index in [1.54, 1.807) is 31.4 Å². The van der Waals surface area contributed by atoms with Gasteiger partial charge in [0.05, 0.1) is 22.0 Å². The molecule has 3 amide bonds. The Morgan fingerprint density at radius 2 is 1.52 bits per heavy atom. The van der Waals surface area contributed by atoms with E-state index in [1.807, 2.05) is 25.1 Å². The van der Waals surface area contributed by atoms with Gasteiger partial charge in [-0.3, -0.25) is 28.4 Å². The monoisotopic (exact) mass is 741 g/mol. The standard InChI is InChI=1S/C32H31N5O10S3/c1-16-12-18(4-7-21(16)34-27(38)10-11-37-28(39)14-24(48-3)32(37)41)19-5-8-22(17(2)13-19)35-36-23-9-6-20-25(49(42,43)44)15-26(50(45,46)47)30(33)29(20)31(23)40/h4-9,12-13,15,24,40H,10-11,14,33H2,1-3H3,(H,34,38)(H,42,43,44)(H,45,46,47). The second kappa shape index (κ2) is 13.8. The number of nitrogen functional groups attached to an aromatic ring is 1. The topological polar surface area (TPSA) is 246 Å². The van der Waals surface area contributed by atoms with Crippen LogP contribution in [-0.2, 0) is 34.6 Å². The molecule has 1 heterocycles. The van der Waals surface area contributed by atoms with Gasteiger partial charge in [0, 0.05) is 30.5 Å². The quantitative estimate of drug-likeness (QED) is 0.0614. The normalized spacial score (nSPS) is 15.4. The van der Waals surface area contributed by atoms with Gasteiger partial charge in [-0.25, -0.2) is 0 Å². The minimum atomic E-state index is -5.05. The number of aromatic hydroxyl groups is 1. The molecule has 1 atom stereocenters. The number of anilines is 2. The third-order valence-electron chi connectivity index (χ3n) is 8.12. The van der Waals surface area contributed by atoms with E-state index in [1.165, 1.54) is 17.8 Å². The zero-order valence-electron chi connectivity index (χ0n) is 26.7. The first-order chi connectivity index (χ1) is 23.4. The summed E-state index contributed by atoms with van der Waals surface area (Å²) in [7, 11) is -10.1. The first-order valence-corrected chi connectivity index (χ1v) is 18.9. The van der Waals surface area contributed by atoms with Crippen molar-refractivity contribution in [2.24, 2.45) is 10.2 Å². The Hall–Kier alpha value is -4.88. The fraction of sp³-hybridized carbons (Fsp3) is 0.219. The molecule has 18 heteroatoms. The summed E-state index contributed by atoms with van der Waals surface area (Å²) in [6.45, 7) is 3.61. The SMILES string of the molecule is CSC1CC(=O)N(CCC(=O)Nc2ccc(-c3ccc(N=Nc4ccc5c(S(=O)(=O)O)cc(S(=O)(=O)O)c(N)c5c4O)c(C)c3)cc2C)C1=O. The average Bonchev–Trinajstić information content (AvgIpc) is 3.31. The molecule has 6 N–H and O–H groups in total. The third-order valence-corrected chi connectivity index (χ3v) is 10.8. The molecular formula is C32H31N5O10S3. The second-order valence-electron chi connectivity index (χ2n) is 11.4. The van der Waals surface area contributed by atoms with Crippen LogP contribution in [0.5, 0.6) is 5.75 Å². The summed E-state index contributed by atoms with van der Waals surface area (Å²) in [6.07, 6.45) is 1.87. The number of likely N-dealkylation sites (tertiary alicyclic amines) is 1. The average molecular weight is 742 g/mol. The summed E-state index contributed by atoms with van der Waals surface area (Å²) >= 11 is 1.31. The van der Waals surface area contributed by atoms with Crippen LogP contribution in [0.25, 0.3) is 21.9 Å². The van der Waals surface area contributed by atoms with Crippen molar-refractivity contribution in [3.8, 4) is 16.9 Å². The molecule has 0 aliphatic carbocycles. The molecule has 1 unspecified atom stereocenters. The van der Waals surface area contributed by atoms with Crippen molar-refractivity contribution in [2.75, 3.05) is 23.9 Å². The number of nitrogens with one attached hydrogen (secondary N) is 1. The highest BCUT2D eigenvalue weighted by Gasteiger charge is 2.37. The van der Waals surface area contributed by atoms with Crippen molar-refractivity contribution in [1.29, 1.82) is 0 Å². The molecule has 1 aliphatic heterocycles. The molecule has 1 aliphatic rings. The number of thioether (sulfide) groups is 1. The highest BCUT2D eigenvalue weighted by atomic mass is 32.2. The summed E-state index contributed by atoms with van der Waals surface area (Å²) in [5, 5.41) is 20.8. The maximum Gasteiger partial charge on any atom is 0.296 e. The number of nitrogens with two attached hydrogens (primary N) is 1. The first kappa shape index (κ1) is 36.4. The first-order valence-electron chi connectivity index (χ1n) is 14.7. The van der Waals surface area contributed by atoms with E-state index < -0.39 is 52.1 Å². The van der Waals surface area contributed by atoms with Crippen molar-refractivity contribution >= 4 is 83.2 Å². The number of rotatable bonds is 10. The summed E-state index contributed by atoms with van der Waals surface area (Å²) in [5.74, 6) is -1.63. The summed E-state index contributed by atoms with van der Waals surface area (Å²) < 4.78 is 66.9. The number of nitrogens with zero attached hydrogens (tertiary/aromatic N) is 3. The van der Waals surface area contributed by atoms with Crippen LogP contribution in [0.4, 0.5) is 22.7 Å². The largest absolute Gasteiger partial charge is 0.505 e. The summed E-state index contributed by atoms with van der Waals surface area (Å²) in [4.78, 5) is 36.3. The Kier molecular flexibility index (Phi) is 10.0. The molecule has 4 aromatic rings. The number of amides is 3. The number of phenolic OH excluding ortho intramolecular Hbond substituents is 1. The van der Waals surface area contributed by atoms with Crippen LogP contribution in [0.15, 0.2) is 74.6 Å². The van der Waals surface area contributed by atoms with Gasteiger partial charge in [0.25, 0.3) is 20.2 Å². The van der Waals surface area contributed by atoms with Gasteiger partial charge in [-0.1, -0.05) is 18.2 Å². The van der Waals surface area contributed by atoms with Crippen LogP contribution in [0, 0.1) is 13.8 Å². The Morgan fingerprint density at radius 1 is 0.920 bits per heavy atom. The van der Waals surface area contributed by atoms with E-state index >= 15 is 0 Å². The van der Waals surface area contributed by atoms with Crippen LogP contribution in [0.3, 0.4) is 0 Å². The van der Waals surface area contributed by atoms with E-state index in [2.05, 4.69) is 15.5 Å². The zero-order valence-corrected chi connectivity index (χ0v) is 29.2. The summed E-state index contributed by atoms with van der Waals surface area (Å²) in [6, 6.07) is 13.5. The number of hydrogen-bond donors (Lipinski definition) is 5. The lowest BCUT2D eigenvalue weighted by Gasteiger charge is -2.15. The molecule has 50 heavy (non-hydrogen) atoms. The van der Waals surface area contributed by atoms with Gasteiger partial charge < -0.3 is 16.2 Å². The molecule has 4 aromatic carbocycles. The zero-order chi connectivity index (χ0) is 36.7. The number of carbonyl (C=O) groups is 3. The molecule has 262 valence electrons. The van der Waals surface area contributed by atoms with Crippen LogP contribution >= 0.6 is 11.8 Å². The van der Waals surface area contributed by atoms with E-state index in [9.17, 15) is 45.4 Å². The molecule has 5 rings (SSSR count). The highest BCUT2D eigenvalue weighted by molar-refractivity contribution is 8.00. The predicted octanol–water partition coefficient (Wildman–Crippen LogP) is 5.14. The third kappa shape index (κ3) is 7.34. The molecule has 1 fully saturated rings. The molecule has 15 nitrogen and oxygen atoms in total. The molecular weight excluding hydrogens is 711 g/mol. The van der Waals surface area contributed by atoms with Crippen LogP contribution < -0.4 is 11.1 Å². The number of phenols is 1. The number of carbonyl (C=O) groups excluding carboxylic acids is 3. The molecule has 0 spiro atoms. The lowest BCUT2D eigenvalue weighted by Crippen LogP contribution is -2.34. The lowest BCUT2D eigenvalue weighted by molar-refractivity contribution is -0.138. The van der Waals surface area contributed by atoms with Crippen molar-refractivity contribution in [2.45, 2.75) is 41.7 Å². The van der Waals surface area contributed by atoms with Crippen LogP contribution in [0.1, 0.15) is 24.0 Å². The Bertz CT molecular complexity index is 2340. The fourth-order valence-corrected chi connectivity index (χ4v) is 7.57. The Labute approximate surface area is 291 Å². The molecule has 0 saturated carbocycles. The van der Waals surface area contributed by atoms with Crippen molar-refractivity contribution in [1.82, 2.24) is 4.90 Å². The Balaban J connectivity index is 1.34. The second-order valence-corrected chi connectivity index (χ2v) is 15.3. The van der Waals surface area contributed by atoms with Crippen LogP contribution in [0.2, 0.25) is 0 Å². The van der Waals surface area contributed by atoms with Gasteiger partial charge in [0.15, 0.2) is 5.75 Å². The van der Waals surface area contributed by atoms with Crippen molar-refractivity contribution in [3.63, 3.8) is 0 Å². The lowest BCUT2D eigenvalue weighted by atomic mass is 10.00. The number of benzene rings is 4. The van der Waals surface area contributed by atoms with Crippen LogP contribution in [-0.4, -0.2) is 71.7 Å². The number of imide groups is 1. The van der Waals surface area contributed by atoms with Gasteiger partial charge in [-0.2, -0.15) is 33.7 Å². The highest BCUT2D eigenvalue weighted by Crippen LogP contribution is 2.44. The van der Waals surface area contributed by atoms with Crippen molar-refractivity contribution in [3.05, 3.63) is 65.7 Å². The minimum Gasteiger partial charge on any atom is -0.505 e. The maximum atomic E-state index is 12.6. The number of fused-ring (bicyclic) bond motifs is 1. The molecule has 1 saturated heterocycles. The van der Waals surface area contributed by atoms with Gasteiger partial charge in [-0.15, -0.1) is 5.11 Å². The predicted molar refractivity (Wildman–Crippen MR) is 187 cm³/mol. The van der Waals surface area contributed by atoms with Crippen molar-refractivity contribution < 1.29 is 45.4 Å². The molecule has 0 bridgehead atoms. The van der Waals surface area contributed by atoms with E-state index in [0.29, 0.717) is 23.0 Å². The number of aryl methyl sites for hydroxylation is 2. The van der Waals surface area contributed by atoms with Gasteiger partial charge in [-0.05, 0) is 78.8 Å². The maximum absolute atomic E-state index is 12.6. The minimum absolute atomic E-state index is 0.0130. The van der Waals surface area contributed by atoms with Gasteiger partial charge in [0.1, 0.15) is 15.5 Å². The molecule has 0 aromatic heterocycles. The fourth-order valence-electron chi connectivity index (χ4n) is 5.50. The number of azo groups is 1. The van der Waals surface area contributed by atoms with Gasteiger partial charge >= 0.3 is 0 Å². The van der Waals surface area contributed by atoms with E-state index in [-0.39, 0.29) is 48.2 Å². The Morgan fingerprint density at radius 3 is 2.10 bits per heavy atom. The smallest absolute Gasteiger partial charge is 0.296 e. The van der Waals surface area contributed by atoms with E-state index in [4.69, 9.17) is 5.73 Å². The van der Waals surface area contributed by atoms with Gasteiger partial charge in [0.2, 0.25) is 17.7 Å². The number of hydrogen-bond acceptors (Lipinski definition) is 12.